The molecular weight excluding hydrogens is 238 g/mol. The van der Waals surface area contributed by atoms with Crippen molar-refractivity contribution in [2.75, 3.05) is 5.32 Å². The lowest BCUT2D eigenvalue weighted by Crippen LogP contribution is -2.41. The molecule has 96 valence electrons. The van der Waals surface area contributed by atoms with E-state index in [0.29, 0.717) is 4.87 Å². The van der Waals surface area contributed by atoms with Crippen molar-refractivity contribution in [1.82, 2.24) is 0 Å². The molecule has 4 rings (SSSR count). The Morgan fingerprint density at radius 3 is 2.78 bits per heavy atom. The van der Waals surface area contributed by atoms with Gasteiger partial charge in [0.25, 0.3) is 0 Å². The second-order valence-corrected chi connectivity index (χ2v) is 7.69. The standard InChI is InChI=1S/C16H21NS/c1-2-6-13-11-16(10-9-12(13)5-1)17-14-7-3-4-8-15(14)18-16/h3-4,7-8,12-13,17H,1-2,5-6,9-11H2/t12-,13-,16-/m1/s1. The molecule has 2 fully saturated rings. The van der Waals surface area contributed by atoms with Crippen LogP contribution in [0.15, 0.2) is 29.2 Å². The van der Waals surface area contributed by atoms with E-state index in [1.807, 2.05) is 0 Å². The molecule has 1 N–H and O–H groups in total. The number of para-hydroxylation sites is 1. The molecule has 2 saturated carbocycles. The van der Waals surface area contributed by atoms with Gasteiger partial charge in [0.2, 0.25) is 0 Å². The van der Waals surface area contributed by atoms with Gasteiger partial charge in [-0.25, -0.2) is 0 Å². The monoisotopic (exact) mass is 259 g/mol. The van der Waals surface area contributed by atoms with E-state index in [1.54, 1.807) is 0 Å². The maximum absolute atomic E-state index is 3.85. The van der Waals surface area contributed by atoms with Crippen molar-refractivity contribution in [1.29, 1.82) is 0 Å². The van der Waals surface area contributed by atoms with Crippen LogP contribution in [0.3, 0.4) is 0 Å². The van der Waals surface area contributed by atoms with Crippen LogP contribution in [0.2, 0.25) is 0 Å². The molecule has 18 heavy (non-hydrogen) atoms. The summed E-state index contributed by atoms with van der Waals surface area (Å²) < 4.78 is 0. The van der Waals surface area contributed by atoms with Crippen LogP contribution >= 0.6 is 11.8 Å². The first-order valence-corrected chi connectivity index (χ1v) is 8.23. The largest absolute Gasteiger partial charge is 0.369 e. The van der Waals surface area contributed by atoms with E-state index in [1.165, 1.54) is 55.5 Å². The molecule has 0 bridgehead atoms. The number of hydrogen-bond acceptors (Lipinski definition) is 2. The van der Waals surface area contributed by atoms with Crippen LogP contribution in [-0.2, 0) is 0 Å². The molecule has 1 heterocycles. The zero-order valence-electron chi connectivity index (χ0n) is 10.8. The van der Waals surface area contributed by atoms with Gasteiger partial charge in [-0.05, 0) is 43.2 Å². The Kier molecular flexibility index (Phi) is 2.61. The van der Waals surface area contributed by atoms with Crippen LogP contribution in [0.1, 0.15) is 44.9 Å². The third kappa shape index (κ3) is 1.77. The van der Waals surface area contributed by atoms with Crippen molar-refractivity contribution >= 4 is 17.4 Å². The molecule has 2 aliphatic carbocycles. The van der Waals surface area contributed by atoms with Gasteiger partial charge in [0.05, 0.1) is 4.87 Å². The summed E-state index contributed by atoms with van der Waals surface area (Å²) in [5.74, 6) is 2.03. The molecule has 0 radical (unpaired) electrons. The van der Waals surface area contributed by atoms with Crippen molar-refractivity contribution in [3.8, 4) is 0 Å². The van der Waals surface area contributed by atoms with Crippen LogP contribution in [0.4, 0.5) is 5.69 Å². The minimum absolute atomic E-state index is 0.336. The number of hydrogen-bond donors (Lipinski definition) is 1. The van der Waals surface area contributed by atoms with Crippen molar-refractivity contribution in [2.45, 2.75) is 54.7 Å². The second kappa shape index (κ2) is 4.19. The number of anilines is 1. The lowest BCUT2D eigenvalue weighted by Gasteiger charge is -2.44. The first kappa shape index (κ1) is 11.2. The van der Waals surface area contributed by atoms with Gasteiger partial charge in [0.15, 0.2) is 0 Å². The predicted octanol–water partition coefficient (Wildman–Crippen LogP) is 4.89. The third-order valence-corrected chi connectivity index (χ3v) is 6.57. The van der Waals surface area contributed by atoms with Crippen LogP contribution in [0, 0.1) is 11.8 Å². The summed E-state index contributed by atoms with van der Waals surface area (Å²) in [6.45, 7) is 0. The second-order valence-electron chi connectivity index (χ2n) is 6.26. The van der Waals surface area contributed by atoms with Gasteiger partial charge >= 0.3 is 0 Å². The molecule has 0 aromatic heterocycles. The van der Waals surface area contributed by atoms with E-state index < -0.39 is 0 Å². The summed E-state index contributed by atoms with van der Waals surface area (Å²) in [6.07, 6.45) is 10.1. The van der Waals surface area contributed by atoms with Crippen LogP contribution in [0.5, 0.6) is 0 Å². The SMILES string of the molecule is c1ccc2c(c1)N[C@]1(CC[C@H]3CCCC[C@@H]3C1)S2. The Hall–Kier alpha value is -0.630. The first-order valence-electron chi connectivity index (χ1n) is 7.41. The van der Waals surface area contributed by atoms with Gasteiger partial charge in [-0.2, -0.15) is 0 Å². The average Bonchev–Trinajstić information content (AvgIpc) is 2.76. The minimum Gasteiger partial charge on any atom is -0.369 e. The quantitative estimate of drug-likeness (QED) is 0.712. The Bertz CT molecular complexity index is 431. The van der Waals surface area contributed by atoms with Crippen LogP contribution < -0.4 is 5.32 Å². The topological polar surface area (TPSA) is 12.0 Å². The molecule has 0 unspecified atom stereocenters. The normalized spacial score (nSPS) is 38.0. The smallest absolute Gasteiger partial charge is 0.0883 e. The lowest BCUT2D eigenvalue weighted by molar-refractivity contribution is 0.153. The fourth-order valence-corrected chi connectivity index (χ4v) is 5.70. The van der Waals surface area contributed by atoms with Gasteiger partial charge in [-0.15, -0.1) is 0 Å². The van der Waals surface area contributed by atoms with Crippen molar-refractivity contribution < 1.29 is 0 Å². The Morgan fingerprint density at radius 2 is 1.89 bits per heavy atom. The van der Waals surface area contributed by atoms with Crippen LogP contribution in [0.25, 0.3) is 0 Å². The fourth-order valence-electron chi connectivity index (χ4n) is 4.22. The zero-order valence-corrected chi connectivity index (χ0v) is 11.6. The molecule has 1 aromatic carbocycles. The van der Waals surface area contributed by atoms with Crippen molar-refractivity contribution in [2.24, 2.45) is 11.8 Å². The van der Waals surface area contributed by atoms with E-state index in [9.17, 15) is 0 Å². The molecule has 1 nitrogen and oxygen atoms in total. The number of benzene rings is 1. The summed E-state index contributed by atoms with van der Waals surface area (Å²) in [5, 5.41) is 3.85. The van der Waals surface area contributed by atoms with Gasteiger partial charge in [-0.3, -0.25) is 0 Å². The molecule has 1 spiro atoms. The predicted molar refractivity (Wildman–Crippen MR) is 78.0 cm³/mol. The van der Waals surface area contributed by atoms with Gasteiger partial charge in [-0.1, -0.05) is 49.6 Å². The van der Waals surface area contributed by atoms with Gasteiger partial charge in [0.1, 0.15) is 0 Å². The zero-order chi connectivity index (χ0) is 12.0. The third-order valence-electron chi connectivity index (χ3n) is 5.13. The van der Waals surface area contributed by atoms with Crippen molar-refractivity contribution in [3.05, 3.63) is 24.3 Å². The first-order chi connectivity index (χ1) is 8.85. The Morgan fingerprint density at radius 1 is 1.06 bits per heavy atom. The Balaban J connectivity index is 1.57. The highest BCUT2D eigenvalue weighted by atomic mass is 32.2. The summed E-state index contributed by atoms with van der Waals surface area (Å²) in [4.78, 5) is 1.80. The highest BCUT2D eigenvalue weighted by Gasteiger charge is 2.45. The maximum atomic E-state index is 3.85. The molecule has 3 aliphatic rings. The summed E-state index contributed by atoms with van der Waals surface area (Å²) in [7, 11) is 0. The van der Waals surface area contributed by atoms with Crippen LogP contribution in [-0.4, -0.2) is 4.87 Å². The van der Waals surface area contributed by atoms with E-state index >= 15 is 0 Å². The Labute approximate surface area is 114 Å². The number of fused-ring (bicyclic) bond motifs is 2. The van der Waals surface area contributed by atoms with E-state index in [2.05, 4.69) is 41.3 Å². The maximum Gasteiger partial charge on any atom is 0.0883 e. The molecule has 0 amide bonds. The van der Waals surface area contributed by atoms with E-state index in [4.69, 9.17) is 0 Å². The molecular formula is C16H21NS. The van der Waals surface area contributed by atoms with Crippen molar-refractivity contribution in [3.63, 3.8) is 0 Å². The summed E-state index contributed by atoms with van der Waals surface area (Å²) in [5.41, 5.74) is 1.37. The molecule has 1 aliphatic heterocycles. The molecule has 1 aromatic rings. The number of thioether (sulfide) groups is 1. The van der Waals surface area contributed by atoms with Gasteiger partial charge < -0.3 is 5.32 Å². The molecule has 2 heteroatoms. The highest BCUT2D eigenvalue weighted by Crippen LogP contribution is 2.56. The minimum atomic E-state index is 0.336. The molecule has 3 atom stereocenters. The summed E-state index contributed by atoms with van der Waals surface area (Å²) >= 11 is 2.10. The van der Waals surface area contributed by atoms with Gasteiger partial charge in [0, 0.05) is 10.6 Å². The fraction of sp³-hybridized carbons (Fsp3) is 0.625. The molecule has 0 saturated heterocycles. The van der Waals surface area contributed by atoms with E-state index in [-0.39, 0.29) is 0 Å². The average molecular weight is 259 g/mol. The summed E-state index contributed by atoms with van der Waals surface area (Å²) in [6, 6.07) is 8.83. The number of nitrogens with one attached hydrogen (secondary N) is 1. The van der Waals surface area contributed by atoms with E-state index in [0.717, 1.165) is 11.8 Å². The lowest BCUT2D eigenvalue weighted by atomic mass is 9.69. The number of rotatable bonds is 0. The highest BCUT2D eigenvalue weighted by molar-refractivity contribution is 8.01.